The first-order chi connectivity index (χ1) is 17.1. The molecule has 2 fully saturated rings. The maximum atomic E-state index is 12.3. The molecular formula is C26H44N4O6. The number of ether oxygens (including phenoxy) is 1. The van der Waals surface area contributed by atoms with Gasteiger partial charge in [-0.2, -0.15) is 0 Å². The normalized spacial score (nSPS) is 26.1. The van der Waals surface area contributed by atoms with Gasteiger partial charge in [-0.1, -0.05) is 49.1 Å². The van der Waals surface area contributed by atoms with Crippen LogP contribution in [-0.4, -0.2) is 63.0 Å². The van der Waals surface area contributed by atoms with E-state index in [1.54, 1.807) is 0 Å². The van der Waals surface area contributed by atoms with Gasteiger partial charge < -0.3 is 24.6 Å². The molecule has 204 valence electrons. The summed E-state index contributed by atoms with van der Waals surface area (Å²) in [6.07, 6.45) is 7.30. The van der Waals surface area contributed by atoms with Gasteiger partial charge in [0.25, 0.3) is 0 Å². The number of nitrogens with one attached hydrogen (secondary N) is 1. The Labute approximate surface area is 215 Å². The molecule has 0 radical (unpaired) electrons. The summed E-state index contributed by atoms with van der Waals surface area (Å²) in [5.41, 5.74) is 1.34. The lowest BCUT2D eigenvalue weighted by atomic mass is 9.77. The molecule has 0 spiro atoms. The van der Waals surface area contributed by atoms with Gasteiger partial charge in [0.15, 0.2) is 5.71 Å². The van der Waals surface area contributed by atoms with Gasteiger partial charge in [0.2, 0.25) is 5.91 Å². The van der Waals surface area contributed by atoms with Crippen LogP contribution < -0.4 is 5.32 Å². The maximum absolute atomic E-state index is 12.3. The van der Waals surface area contributed by atoms with Crippen molar-refractivity contribution in [2.24, 2.45) is 38.6 Å². The lowest BCUT2D eigenvalue weighted by molar-refractivity contribution is -0.133. The van der Waals surface area contributed by atoms with E-state index in [0.29, 0.717) is 18.0 Å². The Bertz CT molecular complexity index is 825. The van der Waals surface area contributed by atoms with Crippen molar-refractivity contribution in [3.05, 3.63) is 0 Å². The van der Waals surface area contributed by atoms with E-state index < -0.39 is 11.4 Å². The summed E-state index contributed by atoms with van der Waals surface area (Å²) in [5, 5.41) is 15.7. The summed E-state index contributed by atoms with van der Waals surface area (Å²) in [4.78, 5) is 40.4. The molecule has 2 unspecified atom stereocenters. The van der Waals surface area contributed by atoms with E-state index in [-0.39, 0.29) is 29.7 Å². The minimum absolute atomic E-state index is 0.0768. The predicted octanol–water partition coefficient (Wildman–Crippen LogP) is 4.08. The van der Waals surface area contributed by atoms with Crippen LogP contribution in [0.3, 0.4) is 0 Å². The van der Waals surface area contributed by atoms with Crippen LogP contribution >= 0.6 is 0 Å². The van der Waals surface area contributed by atoms with E-state index in [9.17, 15) is 9.59 Å². The molecular weight excluding hydrogens is 464 g/mol. The Kier molecular flexibility index (Phi) is 11.7. The van der Waals surface area contributed by atoms with Gasteiger partial charge in [0, 0.05) is 29.2 Å². The number of amides is 1. The molecule has 2 rings (SSSR count). The van der Waals surface area contributed by atoms with Crippen molar-refractivity contribution in [1.29, 1.82) is 0 Å². The summed E-state index contributed by atoms with van der Waals surface area (Å²) in [6.45, 7) is 8.00. The molecule has 0 heterocycles. The Morgan fingerprint density at radius 3 is 2.06 bits per heavy atom. The summed E-state index contributed by atoms with van der Waals surface area (Å²) in [5.74, 6) is -0.241. The van der Waals surface area contributed by atoms with Crippen molar-refractivity contribution in [2.75, 3.05) is 27.9 Å². The van der Waals surface area contributed by atoms with Gasteiger partial charge in [0.1, 0.15) is 32.2 Å². The maximum Gasteiger partial charge on any atom is 0.356 e. The van der Waals surface area contributed by atoms with Crippen molar-refractivity contribution < 1.29 is 28.8 Å². The van der Waals surface area contributed by atoms with Crippen LogP contribution in [-0.2, 0) is 28.8 Å². The molecule has 0 aromatic heterocycles. The highest BCUT2D eigenvalue weighted by molar-refractivity contribution is 6.42. The number of esters is 1. The Morgan fingerprint density at radius 1 is 0.861 bits per heavy atom. The average Bonchev–Trinajstić information content (AvgIpc) is 2.85. The second kappa shape index (κ2) is 14.2. The lowest BCUT2D eigenvalue weighted by Crippen LogP contribution is -2.44. The van der Waals surface area contributed by atoms with Crippen LogP contribution in [0.15, 0.2) is 15.5 Å². The monoisotopic (exact) mass is 508 g/mol. The number of rotatable bonds is 10. The third kappa shape index (κ3) is 8.48. The highest BCUT2D eigenvalue weighted by Gasteiger charge is 2.35. The van der Waals surface area contributed by atoms with E-state index in [0.717, 1.165) is 57.1 Å². The van der Waals surface area contributed by atoms with Crippen molar-refractivity contribution in [3.8, 4) is 0 Å². The van der Waals surface area contributed by atoms with Crippen LogP contribution in [0.1, 0.15) is 79.1 Å². The van der Waals surface area contributed by atoms with Crippen LogP contribution in [0.4, 0.5) is 0 Å². The highest BCUT2D eigenvalue weighted by atomic mass is 16.6. The van der Waals surface area contributed by atoms with E-state index in [1.165, 1.54) is 21.3 Å². The summed E-state index contributed by atoms with van der Waals surface area (Å²) >= 11 is 0. The number of hydrogen-bond donors (Lipinski definition) is 1. The number of hydrogen-bond acceptors (Lipinski definition) is 9. The van der Waals surface area contributed by atoms with Crippen LogP contribution in [0.2, 0.25) is 0 Å². The zero-order valence-electron chi connectivity index (χ0n) is 23.0. The van der Waals surface area contributed by atoms with Crippen molar-refractivity contribution in [2.45, 2.75) is 85.1 Å². The van der Waals surface area contributed by atoms with E-state index >= 15 is 0 Å². The molecule has 0 aromatic carbocycles. The quantitative estimate of drug-likeness (QED) is 0.270. The molecule has 1 amide bonds. The van der Waals surface area contributed by atoms with E-state index in [4.69, 9.17) is 19.2 Å². The second-order valence-electron chi connectivity index (χ2n) is 10.7. The van der Waals surface area contributed by atoms with Crippen LogP contribution in [0.5, 0.6) is 0 Å². The molecule has 10 heteroatoms. The van der Waals surface area contributed by atoms with Crippen molar-refractivity contribution >= 4 is 29.0 Å². The lowest BCUT2D eigenvalue weighted by Gasteiger charge is -2.31. The molecule has 2 aliphatic carbocycles. The fourth-order valence-corrected chi connectivity index (χ4v) is 4.95. The number of nitrogens with zero attached hydrogens (tertiary/aromatic N) is 3. The minimum Gasteiger partial charge on any atom is -0.464 e. The van der Waals surface area contributed by atoms with Gasteiger partial charge in [-0.3, -0.25) is 4.79 Å². The third-order valence-corrected chi connectivity index (χ3v) is 7.03. The van der Waals surface area contributed by atoms with Crippen LogP contribution in [0.25, 0.3) is 0 Å². The molecule has 0 aromatic rings. The van der Waals surface area contributed by atoms with Crippen molar-refractivity contribution in [1.82, 2.24) is 5.32 Å². The molecule has 2 aliphatic rings. The smallest absolute Gasteiger partial charge is 0.356 e. The van der Waals surface area contributed by atoms with E-state index in [1.807, 2.05) is 27.7 Å². The first-order valence-electron chi connectivity index (χ1n) is 12.9. The topological polar surface area (TPSA) is 120 Å². The zero-order chi connectivity index (χ0) is 26.7. The fourth-order valence-electron chi connectivity index (χ4n) is 4.95. The Balaban J connectivity index is 1.99. The van der Waals surface area contributed by atoms with E-state index in [2.05, 4.69) is 20.8 Å². The molecule has 2 saturated carbocycles. The molecule has 10 nitrogen and oxygen atoms in total. The largest absolute Gasteiger partial charge is 0.464 e. The fraction of sp³-hybridized carbons (Fsp3) is 0.808. The number of oxime groups is 3. The number of carbonyl (C=O) groups is 2. The number of carbonyl (C=O) groups excluding carboxylic acids is 2. The molecule has 0 aliphatic heterocycles. The predicted molar refractivity (Wildman–Crippen MR) is 139 cm³/mol. The van der Waals surface area contributed by atoms with Crippen LogP contribution in [0, 0.1) is 23.2 Å². The van der Waals surface area contributed by atoms with Gasteiger partial charge >= 0.3 is 5.97 Å². The standard InChI is InChI=1S/C26H44N4O6/c1-17(22(29-34-6)18-12-14-20(15-13-18)27-25(32)26(2,3)4)28-36-16-19-10-8-9-11-21(19)23(30-35-7)24(31)33-5/h18-21H,8-16H2,1-7H3,(H,27,32)/b28-17+,29-22-,30-23+. The Morgan fingerprint density at radius 2 is 1.47 bits per heavy atom. The van der Waals surface area contributed by atoms with Gasteiger partial charge in [0.05, 0.1) is 7.11 Å². The van der Waals surface area contributed by atoms with Gasteiger partial charge in [-0.05, 0) is 45.4 Å². The average molecular weight is 509 g/mol. The summed E-state index contributed by atoms with van der Waals surface area (Å²) in [7, 11) is 4.30. The zero-order valence-corrected chi connectivity index (χ0v) is 23.0. The molecule has 0 saturated heterocycles. The third-order valence-electron chi connectivity index (χ3n) is 7.03. The second-order valence-corrected chi connectivity index (χ2v) is 10.7. The highest BCUT2D eigenvalue weighted by Crippen LogP contribution is 2.32. The molecule has 0 bridgehead atoms. The van der Waals surface area contributed by atoms with Gasteiger partial charge in [-0.15, -0.1) is 0 Å². The molecule has 2 atom stereocenters. The van der Waals surface area contributed by atoms with Crippen molar-refractivity contribution in [3.63, 3.8) is 0 Å². The molecule has 36 heavy (non-hydrogen) atoms. The molecule has 1 N–H and O–H groups in total. The number of methoxy groups -OCH3 is 1. The summed E-state index contributed by atoms with van der Waals surface area (Å²) in [6, 6.07) is 0.172. The SMILES string of the molecule is CO/N=C(/C(C)=N/OCC1CCCCC1/C(=N\OC)C(=O)OC)C1CCC(NC(=O)C(C)(C)C)CC1. The minimum atomic E-state index is -0.475. The first-order valence-corrected chi connectivity index (χ1v) is 12.9. The summed E-state index contributed by atoms with van der Waals surface area (Å²) < 4.78 is 4.91. The Hall–Kier alpha value is -2.65. The van der Waals surface area contributed by atoms with Gasteiger partial charge in [-0.25, -0.2) is 4.79 Å². The first kappa shape index (κ1) is 29.6.